The van der Waals surface area contributed by atoms with Gasteiger partial charge in [-0.1, -0.05) is 0 Å². The summed E-state index contributed by atoms with van der Waals surface area (Å²) in [7, 11) is 1.51. The Morgan fingerprint density at radius 2 is 1.83 bits per heavy atom. The third-order valence-electron chi connectivity index (χ3n) is 3.02. The van der Waals surface area contributed by atoms with Crippen molar-refractivity contribution < 1.29 is 24.2 Å². The van der Waals surface area contributed by atoms with E-state index in [1.165, 1.54) is 19.2 Å². The molecule has 0 spiro atoms. The molecule has 0 saturated carbocycles. The van der Waals surface area contributed by atoms with Crippen molar-refractivity contribution in [2.24, 2.45) is 0 Å². The average molecular weight is 322 g/mol. The monoisotopic (exact) mass is 322 g/mol. The number of nitrogens with one attached hydrogen (secondary N) is 2. The predicted molar refractivity (Wildman–Crippen MR) is 85.3 cm³/mol. The van der Waals surface area contributed by atoms with Gasteiger partial charge in [0.2, 0.25) is 11.8 Å². The summed E-state index contributed by atoms with van der Waals surface area (Å²) in [5.74, 6) is -1.43. The molecule has 0 radical (unpaired) electrons. The molecular weight excluding hydrogens is 300 g/mol. The Morgan fingerprint density at radius 1 is 1.13 bits per heavy atom. The van der Waals surface area contributed by atoms with Crippen LogP contribution in [0.3, 0.4) is 0 Å². The second-order valence-corrected chi connectivity index (χ2v) is 5.01. The maximum absolute atomic E-state index is 11.9. The van der Waals surface area contributed by atoms with Gasteiger partial charge in [-0.3, -0.25) is 9.59 Å². The van der Waals surface area contributed by atoms with Crippen molar-refractivity contribution in [1.82, 2.24) is 5.32 Å². The molecular formula is C16H22N2O5. The van der Waals surface area contributed by atoms with Crippen LogP contribution in [-0.2, 0) is 20.9 Å². The summed E-state index contributed by atoms with van der Waals surface area (Å²) in [4.78, 5) is 34.3. The van der Waals surface area contributed by atoms with Crippen LogP contribution in [0.2, 0.25) is 0 Å². The van der Waals surface area contributed by atoms with E-state index in [9.17, 15) is 14.4 Å². The molecule has 0 atom stereocenters. The molecule has 0 heterocycles. The SMILES string of the molecule is CCNC(=O)CCCC(=O)Nc1cc(COC)cc(C(=O)O)c1. The van der Waals surface area contributed by atoms with E-state index in [1.54, 1.807) is 6.07 Å². The molecule has 0 aliphatic carbocycles. The average Bonchev–Trinajstić information content (AvgIpc) is 2.47. The number of hydrogen-bond acceptors (Lipinski definition) is 4. The number of rotatable bonds is 9. The fourth-order valence-corrected chi connectivity index (χ4v) is 2.06. The number of methoxy groups -OCH3 is 1. The Labute approximate surface area is 135 Å². The lowest BCUT2D eigenvalue weighted by molar-refractivity contribution is -0.121. The Hall–Kier alpha value is -2.41. The Bertz CT molecular complexity index is 572. The molecule has 7 nitrogen and oxygen atoms in total. The Morgan fingerprint density at radius 3 is 2.43 bits per heavy atom. The topological polar surface area (TPSA) is 105 Å². The van der Waals surface area contributed by atoms with Gasteiger partial charge in [0.15, 0.2) is 0 Å². The van der Waals surface area contributed by atoms with Crippen LogP contribution in [0, 0.1) is 0 Å². The molecule has 1 aromatic rings. The number of carboxylic acid groups (broad SMARTS) is 1. The molecule has 1 aromatic carbocycles. The van der Waals surface area contributed by atoms with Gasteiger partial charge < -0.3 is 20.5 Å². The molecule has 0 aliphatic heterocycles. The van der Waals surface area contributed by atoms with E-state index in [4.69, 9.17) is 9.84 Å². The third-order valence-corrected chi connectivity index (χ3v) is 3.02. The quantitative estimate of drug-likeness (QED) is 0.643. The van der Waals surface area contributed by atoms with E-state index in [2.05, 4.69) is 10.6 Å². The van der Waals surface area contributed by atoms with Gasteiger partial charge >= 0.3 is 5.97 Å². The van der Waals surface area contributed by atoms with E-state index in [0.717, 1.165) is 0 Å². The lowest BCUT2D eigenvalue weighted by atomic mass is 10.1. The fraction of sp³-hybridized carbons (Fsp3) is 0.438. The molecule has 1 rings (SSSR count). The van der Waals surface area contributed by atoms with Crippen molar-refractivity contribution in [2.45, 2.75) is 32.8 Å². The van der Waals surface area contributed by atoms with Crippen molar-refractivity contribution >= 4 is 23.5 Å². The summed E-state index contributed by atoms with van der Waals surface area (Å²) in [6, 6.07) is 4.55. The van der Waals surface area contributed by atoms with Crippen LogP contribution >= 0.6 is 0 Å². The summed E-state index contributed by atoms with van der Waals surface area (Å²) in [6.07, 6.45) is 0.903. The number of anilines is 1. The van der Waals surface area contributed by atoms with Gasteiger partial charge in [0, 0.05) is 32.2 Å². The van der Waals surface area contributed by atoms with Crippen molar-refractivity contribution in [3.63, 3.8) is 0 Å². The Balaban J connectivity index is 2.62. The van der Waals surface area contributed by atoms with Crippen LogP contribution in [0.25, 0.3) is 0 Å². The number of carboxylic acids is 1. The summed E-state index contributed by atoms with van der Waals surface area (Å²) in [6.45, 7) is 2.65. The van der Waals surface area contributed by atoms with Crippen LogP contribution in [0.4, 0.5) is 5.69 Å². The van der Waals surface area contributed by atoms with E-state index >= 15 is 0 Å². The first-order chi connectivity index (χ1) is 11.0. The third kappa shape index (κ3) is 6.92. The lowest BCUT2D eigenvalue weighted by Gasteiger charge is -2.09. The molecule has 3 N–H and O–H groups in total. The van der Waals surface area contributed by atoms with Crippen molar-refractivity contribution in [3.8, 4) is 0 Å². The van der Waals surface area contributed by atoms with Gasteiger partial charge in [-0.05, 0) is 37.1 Å². The standard InChI is InChI=1S/C16H22N2O5/c1-3-17-14(19)5-4-6-15(20)18-13-8-11(10-23-2)7-12(9-13)16(21)22/h7-9H,3-6,10H2,1-2H3,(H,17,19)(H,18,20)(H,21,22). The summed E-state index contributed by atoms with van der Waals surface area (Å²) >= 11 is 0. The summed E-state index contributed by atoms with van der Waals surface area (Å²) in [5, 5.41) is 14.4. The highest BCUT2D eigenvalue weighted by atomic mass is 16.5. The molecule has 7 heteroatoms. The maximum atomic E-state index is 11.9. The number of carbonyl (C=O) groups is 3. The molecule has 0 saturated heterocycles. The maximum Gasteiger partial charge on any atom is 0.335 e. The molecule has 0 unspecified atom stereocenters. The molecule has 0 aromatic heterocycles. The van der Waals surface area contributed by atoms with Crippen molar-refractivity contribution in [2.75, 3.05) is 19.0 Å². The highest BCUT2D eigenvalue weighted by Gasteiger charge is 2.10. The van der Waals surface area contributed by atoms with Crippen molar-refractivity contribution in [3.05, 3.63) is 29.3 Å². The number of amides is 2. The molecule has 0 bridgehead atoms. The number of ether oxygens (including phenoxy) is 1. The Kier molecular flexibility index (Phi) is 7.76. The zero-order chi connectivity index (χ0) is 17.2. The number of benzene rings is 1. The van der Waals surface area contributed by atoms with E-state index in [0.29, 0.717) is 24.2 Å². The predicted octanol–water partition coefficient (Wildman–Crippen LogP) is 1.78. The smallest absolute Gasteiger partial charge is 0.335 e. The second-order valence-electron chi connectivity index (χ2n) is 5.01. The summed E-state index contributed by atoms with van der Waals surface area (Å²) in [5.41, 5.74) is 1.14. The molecule has 0 fully saturated rings. The second kappa shape index (κ2) is 9.58. The van der Waals surface area contributed by atoms with Crippen LogP contribution in [0.5, 0.6) is 0 Å². The normalized spacial score (nSPS) is 10.2. The van der Waals surface area contributed by atoms with Gasteiger partial charge in [-0.15, -0.1) is 0 Å². The number of carbonyl (C=O) groups excluding carboxylic acids is 2. The first-order valence-electron chi connectivity index (χ1n) is 7.39. The van der Waals surface area contributed by atoms with Gasteiger partial charge in [-0.25, -0.2) is 4.79 Å². The molecule has 0 aliphatic rings. The molecule has 126 valence electrons. The highest BCUT2D eigenvalue weighted by Crippen LogP contribution is 2.16. The first kappa shape index (κ1) is 18.6. The molecule has 23 heavy (non-hydrogen) atoms. The van der Waals surface area contributed by atoms with Gasteiger partial charge in [-0.2, -0.15) is 0 Å². The number of hydrogen-bond donors (Lipinski definition) is 3. The summed E-state index contributed by atoms with van der Waals surface area (Å²) < 4.78 is 4.99. The lowest BCUT2D eigenvalue weighted by Crippen LogP contribution is -2.22. The highest BCUT2D eigenvalue weighted by molar-refractivity contribution is 5.94. The van der Waals surface area contributed by atoms with Crippen molar-refractivity contribution in [1.29, 1.82) is 0 Å². The van der Waals surface area contributed by atoms with Gasteiger partial charge in [0.1, 0.15) is 0 Å². The van der Waals surface area contributed by atoms with E-state index in [-0.39, 0.29) is 36.8 Å². The van der Waals surface area contributed by atoms with Crippen LogP contribution in [0.1, 0.15) is 42.1 Å². The zero-order valence-electron chi connectivity index (χ0n) is 13.3. The minimum Gasteiger partial charge on any atom is -0.478 e. The number of aromatic carboxylic acids is 1. The largest absolute Gasteiger partial charge is 0.478 e. The first-order valence-corrected chi connectivity index (χ1v) is 7.39. The van der Waals surface area contributed by atoms with Gasteiger partial charge in [0.25, 0.3) is 0 Å². The van der Waals surface area contributed by atoms with Crippen LogP contribution in [-0.4, -0.2) is 36.5 Å². The van der Waals surface area contributed by atoms with Crippen LogP contribution < -0.4 is 10.6 Å². The zero-order valence-corrected chi connectivity index (χ0v) is 13.3. The molecule has 2 amide bonds. The van der Waals surface area contributed by atoms with Crippen LogP contribution in [0.15, 0.2) is 18.2 Å². The minimum absolute atomic E-state index is 0.0807. The van der Waals surface area contributed by atoms with Gasteiger partial charge in [0.05, 0.1) is 12.2 Å². The van der Waals surface area contributed by atoms with E-state index < -0.39 is 5.97 Å². The fourth-order valence-electron chi connectivity index (χ4n) is 2.06. The minimum atomic E-state index is -1.07. The van der Waals surface area contributed by atoms with E-state index in [1.807, 2.05) is 6.92 Å².